The molecule has 0 heterocycles. The van der Waals surface area contributed by atoms with Crippen LogP contribution in [-0.2, 0) is 0 Å². The van der Waals surface area contributed by atoms with E-state index in [2.05, 4.69) is 18.5 Å². The summed E-state index contributed by atoms with van der Waals surface area (Å²) < 4.78 is 5.03. The fraction of sp³-hybridized carbons (Fsp3) is 0.167. The SMILES string of the molecule is C=C=CCN(C#N)c1ccc(OC)cc1. The molecule has 0 saturated carbocycles. The molecule has 3 nitrogen and oxygen atoms in total. The molecule has 0 N–H and O–H groups in total. The summed E-state index contributed by atoms with van der Waals surface area (Å²) in [5.74, 6) is 0.774. The minimum atomic E-state index is 0.479. The third-order valence-corrected chi connectivity index (χ3v) is 1.92. The second-order valence-corrected chi connectivity index (χ2v) is 2.82. The maximum atomic E-state index is 8.91. The fourth-order valence-corrected chi connectivity index (χ4v) is 1.12. The van der Waals surface area contributed by atoms with Crippen molar-refractivity contribution in [1.82, 2.24) is 0 Å². The Kier molecular flexibility index (Phi) is 4.03. The van der Waals surface area contributed by atoms with E-state index in [-0.39, 0.29) is 0 Å². The van der Waals surface area contributed by atoms with Crippen molar-refractivity contribution in [3.8, 4) is 11.9 Å². The number of nitrogens with zero attached hydrogens (tertiary/aromatic N) is 2. The largest absolute Gasteiger partial charge is 0.497 e. The molecule has 1 aromatic rings. The Balaban J connectivity index is 2.83. The molecule has 0 aliphatic rings. The maximum absolute atomic E-state index is 8.91. The van der Waals surface area contributed by atoms with Gasteiger partial charge in [0.25, 0.3) is 0 Å². The highest BCUT2D eigenvalue weighted by Crippen LogP contribution is 2.18. The van der Waals surface area contributed by atoms with Crippen molar-refractivity contribution in [2.75, 3.05) is 18.6 Å². The van der Waals surface area contributed by atoms with Crippen LogP contribution in [0.1, 0.15) is 0 Å². The average Bonchev–Trinajstić information content (AvgIpc) is 2.31. The van der Waals surface area contributed by atoms with E-state index in [1.807, 2.05) is 24.3 Å². The van der Waals surface area contributed by atoms with Crippen LogP contribution in [0, 0.1) is 11.5 Å². The number of anilines is 1. The highest BCUT2D eigenvalue weighted by atomic mass is 16.5. The van der Waals surface area contributed by atoms with Gasteiger partial charge in [-0.15, -0.1) is 5.73 Å². The minimum Gasteiger partial charge on any atom is -0.497 e. The Morgan fingerprint density at radius 1 is 1.47 bits per heavy atom. The second-order valence-electron chi connectivity index (χ2n) is 2.82. The molecule has 15 heavy (non-hydrogen) atoms. The summed E-state index contributed by atoms with van der Waals surface area (Å²) in [6.45, 7) is 3.93. The van der Waals surface area contributed by atoms with E-state index >= 15 is 0 Å². The van der Waals surface area contributed by atoms with Crippen LogP contribution in [-0.4, -0.2) is 13.7 Å². The van der Waals surface area contributed by atoms with Crippen LogP contribution in [0.15, 0.2) is 42.7 Å². The van der Waals surface area contributed by atoms with E-state index in [0.717, 1.165) is 11.4 Å². The molecular formula is C12H12N2O. The Morgan fingerprint density at radius 2 is 2.13 bits per heavy atom. The van der Waals surface area contributed by atoms with Gasteiger partial charge in [0.05, 0.1) is 19.3 Å². The maximum Gasteiger partial charge on any atom is 0.184 e. The van der Waals surface area contributed by atoms with Gasteiger partial charge in [-0.3, -0.25) is 4.90 Å². The number of rotatable bonds is 4. The fourth-order valence-electron chi connectivity index (χ4n) is 1.12. The Hall–Kier alpha value is -2.17. The first-order chi connectivity index (χ1) is 7.31. The zero-order valence-corrected chi connectivity index (χ0v) is 8.60. The van der Waals surface area contributed by atoms with E-state index in [0.29, 0.717) is 6.54 Å². The van der Waals surface area contributed by atoms with Gasteiger partial charge < -0.3 is 4.74 Å². The summed E-state index contributed by atoms with van der Waals surface area (Å²) in [5.41, 5.74) is 3.46. The Morgan fingerprint density at radius 3 is 2.60 bits per heavy atom. The molecule has 0 bridgehead atoms. The van der Waals surface area contributed by atoms with Crippen LogP contribution < -0.4 is 9.64 Å². The van der Waals surface area contributed by atoms with Gasteiger partial charge in [0.2, 0.25) is 0 Å². The van der Waals surface area contributed by atoms with Gasteiger partial charge >= 0.3 is 0 Å². The van der Waals surface area contributed by atoms with E-state index in [1.54, 1.807) is 13.2 Å². The van der Waals surface area contributed by atoms with Crippen molar-refractivity contribution in [3.63, 3.8) is 0 Å². The molecule has 0 radical (unpaired) electrons. The van der Waals surface area contributed by atoms with E-state index in [4.69, 9.17) is 10.00 Å². The van der Waals surface area contributed by atoms with Crippen LogP contribution in [0.4, 0.5) is 5.69 Å². The van der Waals surface area contributed by atoms with Crippen LogP contribution in [0.5, 0.6) is 5.75 Å². The van der Waals surface area contributed by atoms with E-state index < -0.39 is 0 Å². The monoisotopic (exact) mass is 200 g/mol. The summed E-state index contributed by atoms with van der Waals surface area (Å²) in [6.07, 6.45) is 3.79. The number of ether oxygens (including phenoxy) is 1. The summed E-state index contributed by atoms with van der Waals surface area (Å²) in [6, 6.07) is 7.30. The molecule has 0 saturated heterocycles. The van der Waals surface area contributed by atoms with Crippen LogP contribution in [0.25, 0.3) is 0 Å². The zero-order valence-electron chi connectivity index (χ0n) is 8.60. The molecule has 76 valence electrons. The summed E-state index contributed by atoms with van der Waals surface area (Å²) in [4.78, 5) is 1.54. The average molecular weight is 200 g/mol. The van der Waals surface area contributed by atoms with Crippen molar-refractivity contribution in [3.05, 3.63) is 42.7 Å². The number of nitriles is 1. The van der Waals surface area contributed by atoms with Gasteiger partial charge in [-0.1, -0.05) is 6.58 Å². The third-order valence-electron chi connectivity index (χ3n) is 1.92. The van der Waals surface area contributed by atoms with Crippen molar-refractivity contribution in [1.29, 1.82) is 5.26 Å². The number of benzene rings is 1. The standard InChI is InChI=1S/C12H12N2O/c1-3-4-9-14(10-13)11-5-7-12(15-2)8-6-11/h4-8H,1,9H2,2H3. The Bertz CT molecular complexity index is 397. The number of hydrogen-bond donors (Lipinski definition) is 0. The molecule has 3 heteroatoms. The lowest BCUT2D eigenvalue weighted by Gasteiger charge is -2.12. The minimum absolute atomic E-state index is 0.479. The van der Waals surface area contributed by atoms with Gasteiger partial charge in [-0.25, -0.2) is 0 Å². The molecule has 1 rings (SSSR count). The molecule has 0 amide bonds. The highest BCUT2D eigenvalue weighted by Gasteiger charge is 2.02. The summed E-state index contributed by atoms with van der Waals surface area (Å²) in [7, 11) is 1.61. The zero-order chi connectivity index (χ0) is 11.1. The lowest BCUT2D eigenvalue weighted by Crippen LogP contribution is -2.15. The van der Waals surface area contributed by atoms with Crippen molar-refractivity contribution in [2.45, 2.75) is 0 Å². The first kappa shape index (κ1) is 10.9. The highest BCUT2D eigenvalue weighted by molar-refractivity contribution is 5.52. The van der Waals surface area contributed by atoms with Gasteiger partial charge in [0.15, 0.2) is 6.19 Å². The van der Waals surface area contributed by atoms with Gasteiger partial charge in [-0.05, 0) is 30.3 Å². The van der Waals surface area contributed by atoms with Gasteiger partial charge in [-0.2, -0.15) is 5.26 Å². The molecule has 0 aromatic heterocycles. The Labute approximate surface area is 89.5 Å². The molecular weight excluding hydrogens is 188 g/mol. The van der Waals surface area contributed by atoms with E-state index in [9.17, 15) is 0 Å². The predicted octanol–water partition coefficient (Wildman–Crippen LogP) is 2.32. The van der Waals surface area contributed by atoms with Crippen LogP contribution in [0.3, 0.4) is 0 Å². The molecule has 0 fully saturated rings. The van der Waals surface area contributed by atoms with Crippen molar-refractivity contribution in [2.24, 2.45) is 0 Å². The molecule has 0 unspecified atom stereocenters. The quantitative estimate of drug-likeness (QED) is 0.425. The van der Waals surface area contributed by atoms with Gasteiger partial charge in [0, 0.05) is 0 Å². The second kappa shape index (κ2) is 5.54. The third kappa shape index (κ3) is 2.91. The predicted molar refractivity (Wildman–Crippen MR) is 59.7 cm³/mol. The van der Waals surface area contributed by atoms with Gasteiger partial charge in [0.1, 0.15) is 5.75 Å². The van der Waals surface area contributed by atoms with Crippen molar-refractivity contribution >= 4 is 5.69 Å². The van der Waals surface area contributed by atoms with Crippen LogP contribution in [0.2, 0.25) is 0 Å². The molecule has 0 aliphatic heterocycles. The lowest BCUT2D eigenvalue weighted by molar-refractivity contribution is 0.415. The first-order valence-electron chi connectivity index (χ1n) is 4.47. The van der Waals surface area contributed by atoms with Crippen molar-refractivity contribution < 1.29 is 4.74 Å². The lowest BCUT2D eigenvalue weighted by atomic mass is 10.3. The normalized spacial score (nSPS) is 8.53. The summed E-state index contributed by atoms with van der Waals surface area (Å²) in [5, 5.41) is 8.91. The molecule has 0 aliphatic carbocycles. The smallest absolute Gasteiger partial charge is 0.184 e. The molecule has 0 atom stereocenters. The molecule has 0 spiro atoms. The molecule has 1 aromatic carbocycles. The number of methoxy groups -OCH3 is 1. The summed E-state index contributed by atoms with van der Waals surface area (Å²) >= 11 is 0. The topological polar surface area (TPSA) is 36.3 Å². The van der Waals surface area contributed by atoms with E-state index in [1.165, 1.54) is 4.90 Å². The van der Waals surface area contributed by atoms with Crippen LogP contribution >= 0.6 is 0 Å². The first-order valence-corrected chi connectivity index (χ1v) is 4.47. The number of hydrogen-bond acceptors (Lipinski definition) is 3.